The van der Waals surface area contributed by atoms with Crippen molar-refractivity contribution in [3.63, 3.8) is 0 Å². The second-order valence-corrected chi connectivity index (χ2v) is 6.00. The molecule has 0 heterocycles. The van der Waals surface area contributed by atoms with Gasteiger partial charge in [0.25, 0.3) is 5.69 Å². The number of carboxylic acids is 1. The molecule has 2 bridgehead atoms. The van der Waals surface area contributed by atoms with E-state index < -0.39 is 22.7 Å². The Labute approximate surface area is 126 Å². The maximum absolute atomic E-state index is 12.4. The topological polar surface area (TPSA) is 112 Å². The number of nitrogens with one attached hydrogen (secondary N) is 1. The number of carbonyl (C=O) groups is 2. The fraction of sp³-hybridized carbons (Fsp3) is 0.467. The van der Waals surface area contributed by atoms with E-state index in [4.69, 9.17) is 0 Å². The molecule has 2 fully saturated rings. The molecule has 0 aliphatic heterocycles. The van der Waals surface area contributed by atoms with Crippen LogP contribution in [0, 0.1) is 33.8 Å². The predicted octanol–water partition coefficient (Wildman–Crippen LogP) is 0.945. The number of carboxylic acid groups (broad SMARTS) is 1. The summed E-state index contributed by atoms with van der Waals surface area (Å²) in [5, 5.41) is 24.6. The van der Waals surface area contributed by atoms with Crippen LogP contribution in [0.2, 0.25) is 0 Å². The van der Waals surface area contributed by atoms with Crippen LogP contribution in [0.25, 0.3) is 0 Å². The van der Waals surface area contributed by atoms with Crippen LogP contribution in [0.15, 0.2) is 24.3 Å². The summed E-state index contributed by atoms with van der Waals surface area (Å²) in [6.07, 6.45) is 2.47. The fourth-order valence-electron chi connectivity index (χ4n) is 3.90. The Morgan fingerprint density at radius 1 is 1.09 bits per heavy atom. The van der Waals surface area contributed by atoms with Gasteiger partial charge in [0, 0.05) is 35.6 Å². The standard InChI is InChI=1S/C15H16N2O5/c18-14(16-10-3-5-11(6-4-10)17(21)22)12-8-1-2-9(7-8)13(12)15(19)20/h3-6,8-9,12-13H,1-2,7H2,(H,16,18)(H,19,20)/p-1/t8-,9+,12+,13+/m1/s1. The van der Waals surface area contributed by atoms with E-state index in [1.807, 2.05) is 0 Å². The number of hydrogen-bond donors (Lipinski definition) is 1. The number of non-ortho nitro benzene ring substituents is 1. The number of fused-ring (bicyclic) bond motifs is 2. The zero-order valence-corrected chi connectivity index (χ0v) is 11.7. The first-order valence-electron chi connectivity index (χ1n) is 7.23. The highest BCUT2D eigenvalue weighted by molar-refractivity contribution is 5.95. The van der Waals surface area contributed by atoms with Gasteiger partial charge in [-0.25, -0.2) is 0 Å². The van der Waals surface area contributed by atoms with Crippen molar-refractivity contribution in [1.82, 2.24) is 0 Å². The summed E-state index contributed by atoms with van der Waals surface area (Å²) >= 11 is 0. The van der Waals surface area contributed by atoms with Gasteiger partial charge in [-0.15, -0.1) is 0 Å². The monoisotopic (exact) mass is 303 g/mol. The number of rotatable bonds is 4. The molecule has 2 saturated carbocycles. The molecule has 116 valence electrons. The summed E-state index contributed by atoms with van der Waals surface area (Å²) in [6, 6.07) is 5.48. The highest BCUT2D eigenvalue weighted by Gasteiger charge is 2.51. The molecule has 0 spiro atoms. The lowest BCUT2D eigenvalue weighted by molar-refractivity contribution is -0.384. The molecule has 2 aliphatic rings. The zero-order chi connectivity index (χ0) is 15.9. The van der Waals surface area contributed by atoms with Gasteiger partial charge in [0.1, 0.15) is 0 Å². The Hall–Kier alpha value is -2.44. The van der Waals surface area contributed by atoms with Gasteiger partial charge in [-0.1, -0.05) is 0 Å². The van der Waals surface area contributed by atoms with E-state index in [2.05, 4.69) is 5.32 Å². The highest BCUT2D eigenvalue weighted by atomic mass is 16.6. The molecule has 1 N–H and O–H groups in total. The van der Waals surface area contributed by atoms with Crippen molar-refractivity contribution in [2.45, 2.75) is 19.3 Å². The van der Waals surface area contributed by atoms with Crippen molar-refractivity contribution in [3.05, 3.63) is 34.4 Å². The highest BCUT2D eigenvalue weighted by Crippen LogP contribution is 2.52. The van der Waals surface area contributed by atoms with E-state index in [1.165, 1.54) is 24.3 Å². The van der Waals surface area contributed by atoms with Crippen LogP contribution in [0.5, 0.6) is 0 Å². The number of amides is 1. The number of carbonyl (C=O) groups excluding carboxylic acids is 2. The summed E-state index contributed by atoms with van der Waals surface area (Å²) in [4.78, 5) is 33.8. The Bertz CT molecular complexity index is 627. The number of aliphatic carboxylic acids is 1. The van der Waals surface area contributed by atoms with E-state index in [1.54, 1.807) is 0 Å². The van der Waals surface area contributed by atoms with Crippen LogP contribution in [0.1, 0.15) is 19.3 Å². The number of nitrogens with zero attached hydrogens (tertiary/aromatic N) is 1. The van der Waals surface area contributed by atoms with Crippen molar-refractivity contribution in [3.8, 4) is 0 Å². The molecule has 22 heavy (non-hydrogen) atoms. The average molecular weight is 303 g/mol. The van der Waals surface area contributed by atoms with E-state index in [9.17, 15) is 24.8 Å². The van der Waals surface area contributed by atoms with Crippen molar-refractivity contribution in [2.75, 3.05) is 5.32 Å². The van der Waals surface area contributed by atoms with E-state index in [0.29, 0.717) is 5.69 Å². The SMILES string of the molecule is O=C([O-])[C@H]1[C@H]2CC[C@H](C2)[C@@H]1C(=O)Nc1ccc([N+](=O)[O-])cc1. The van der Waals surface area contributed by atoms with Gasteiger partial charge in [0.05, 0.1) is 4.92 Å². The van der Waals surface area contributed by atoms with Crippen LogP contribution in [-0.4, -0.2) is 16.8 Å². The lowest BCUT2D eigenvalue weighted by Crippen LogP contribution is -2.43. The fourth-order valence-corrected chi connectivity index (χ4v) is 3.90. The quantitative estimate of drug-likeness (QED) is 0.657. The van der Waals surface area contributed by atoms with E-state index in [-0.39, 0.29) is 23.4 Å². The van der Waals surface area contributed by atoms with Crippen LogP contribution in [-0.2, 0) is 9.59 Å². The van der Waals surface area contributed by atoms with Gasteiger partial charge in [-0.3, -0.25) is 14.9 Å². The molecule has 1 amide bonds. The lowest BCUT2D eigenvalue weighted by atomic mass is 9.78. The first-order valence-corrected chi connectivity index (χ1v) is 7.23. The van der Waals surface area contributed by atoms with Crippen molar-refractivity contribution < 1.29 is 19.6 Å². The molecular formula is C15H15N2O5-. The van der Waals surface area contributed by atoms with Gasteiger partial charge in [-0.2, -0.15) is 0 Å². The molecule has 0 radical (unpaired) electrons. The molecule has 0 aromatic heterocycles. The summed E-state index contributed by atoms with van der Waals surface area (Å²) < 4.78 is 0. The molecule has 1 aromatic carbocycles. The first kappa shape index (κ1) is 14.5. The number of nitro groups is 1. The number of nitro benzene ring substituents is 1. The third-order valence-electron chi connectivity index (χ3n) is 4.84. The van der Waals surface area contributed by atoms with Crippen molar-refractivity contribution >= 4 is 23.3 Å². The largest absolute Gasteiger partial charge is 0.550 e. The molecule has 0 unspecified atom stereocenters. The van der Waals surface area contributed by atoms with Gasteiger partial charge in [0.2, 0.25) is 5.91 Å². The van der Waals surface area contributed by atoms with Gasteiger partial charge in [-0.05, 0) is 43.2 Å². The van der Waals surface area contributed by atoms with Crippen molar-refractivity contribution in [2.24, 2.45) is 23.7 Å². The summed E-state index contributed by atoms with van der Waals surface area (Å²) in [7, 11) is 0. The Kier molecular flexibility index (Phi) is 3.56. The molecule has 3 rings (SSSR count). The van der Waals surface area contributed by atoms with Gasteiger partial charge in [0.15, 0.2) is 0 Å². The van der Waals surface area contributed by atoms with Crippen LogP contribution in [0.3, 0.4) is 0 Å². The minimum absolute atomic E-state index is 0.0302. The number of benzene rings is 1. The van der Waals surface area contributed by atoms with E-state index >= 15 is 0 Å². The minimum Gasteiger partial charge on any atom is -0.550 e. The summed E-state index contributed by atoms with van der Waals surface area (Å²) in [6.45, 7) is 0. The lowest BCUT2D eigenvalue weighted by Gasteiger charge is -2.30. The van der Waals surface area contributed by atoms with Crippen LogP contribution < -0.4 is 10.4 Å². The van der Waals surface area contributed by atoms with Crippen molar-refractivity contribution in [1.29, 1.82) is 0 Å². The minimum atomic E-state index is -1.16. The zero-order valence-electron chi connectivity index (χ0n) is 11.7. The second kappa shape index (κ2) is 5.40. The van der Waals surface area contributed by atoms with Gasteiger partial charge < -0.3 is 15.2 Å². The molecular weight excluding hydrogens is 288 g/mol. The molecule has 7 nitrogen and oxygen atoms in total. The smallest absolute Gasteiger partial charge is 0.269 e. The van der Waals surface area contributed by atoms with Gasteiger partial charge >= 0.3 is 0 Å². The Balaban J connectivity index is 1.73. The number of anilines is 1. The Morgan fingerprint density at radius 2 is 1.68 bits per heavy atom. The first-order chi connectivity index (χ1) is 10.5. The third-order valence-corrected chi connectivity index (χ3v) is 4.84. The molecule has 4 atom stereocenters. The normalized spacial score (nSPS) is 29.3. The predicted molar refractivity (Wildman–Crippen MR) is 74.5 cm³/mol. The molecule has 7 heteroatoms. The maximum Gasteiger partial charge on any atom is 0.269 e. The molecule has 0 saturated heterocycles. The summed E-state index contributed by atoms with van der Waals surface area (Å²) in [5.41, 5.74) is 0.362. The van der Waals surface area contributed by atoms with E-state index in [0.717, 1.165) is 19.3 Å². The molecule has 1 aromatic rings. The van der Waals surface area contributed by atoms with Crippen LogP contribution >= 0.6 is 0 Å². The maximum atomic E-state index is 12.4. The number of hydrogen-bond acceptors (Lipinski definition) is 5. The molecule has 2 aliphatic carbocycles. The average Bonchev–Trinajstić information content (AvgIpc) is 3.08. The van der Waals surface area contributed by atoms with Crippen LogP contribution in [0.4, 0.5) is 11.4 Å². The summed E-state index contributed by atoms with van der Waals surface area (Å²) in [5.74, 6) is -2.67. The Morgan fingerprint density at radius 3 is 2.23 bits per heavy atom. The third kappa shape index (κ3) is 2.43. The second-order valence-electron chi connectivity index (χ2n) is 6.00.